The van der Waals surface area contributed by atoms with Crippen LogP contribution in [0.3, 0.4) is 0 Å². The lowest BCUT2D eigenvalue weighted by atomic mass is 9.92. The molecule has 4 rings (SSSR count). The van der Waals surface area contributed by atoms with Gasteiger partial charge < -0.3 is 24.8 Å². The van der Waals surface area contributed by atoms with Gasteiger partial charge in [-0.3, -0.25) is 4.79 Å². The van der Waals surface area contributed by atoms with Crippen LogP contribution in [0.15, 0.2) is 42.5 Å². The summed E-state index contributed by atoms with van der Waals surface area (Å²) in [5.74, 6) is 2.31. The van der Waals surface area contributed by atoms with E-state index in [9.17, 15) is 4.79 Å². The molecule has 0 unspecified atom stereocenters. The Morgan fingerprint density at radius 3 is 3.00 bits per heavy atom. The normalized spacial score (nSPS) is 20.9. The fraction of sp³-hybridized carbons (Fsp3) is 0.381. The van der Waals surface area contributed by atoms with E-state index in [0.29, 0.717) is 18.4 Å². The van der Waals surface area contributed by atoms with Crippen LogP contribution in [-0.2, 0) is 11.4 Å². The molecule has 2 aromatic carbocycles. The lowest BCUT2D eigenvalue weighted by Crippen LogP contribution is -2.40. The van der Waals surface area contributed by atoms with Gasteiger partial charge in [0, 0.05) is 23.7 Å². The van der Waals surface area contributed by atoms with Gasteiger partial charge in [0.1, 0.15) is 12.4 Å². The lowest BCUT2D eigenvalue weighted by molar-refractivity contribution is -0.120. The Labute approximate surface area is 158 Å². The number of carbonyl (C=O) groups is 1. The van der Waals surface area contributed by atoms with E-state index in [1.807, 2.05) is 42.5 Å². The number of amides is 1. The van der Waals surface area contributed by atoms with Gasteiger partial charge in [-0.05, 0) is 56.1 Å². The molecule has 0 aliphatic carbocycles. The molecular formula is C21H24N2O4. The summed E-state index contributed by atoms with van der Waals surface area (Å²) in [5, 5.41) is 6.42. The van der Waals surface area contributed by atoms with Gasteiger partial charge in [-0.15, -0.1) is 0 Å². The molecule has 0 bridgehead atoms. The molecule has 0 radical (unpaired) electrons. The van der Waals surface area contributed by atoms with Crippen molar-refractivity contribution in [1.82, 2.24) is 5.32 Å². The number of hydrogen-bond donors (Lipinski definition) is 2. The highest BCUT2D eigenvalue weighted by atomic mass is 16.7. The van der Waals surface area contributed by atoms with Crippen LogP contribution in [-0.4, -0.2) is 25.3 Å². The summed E-state index contributed by atoms with van der Waals surface area (Å²) in [6, 6.07) is 13.7. The molecule has 2 heterocycles. The Morgan fingerprint density at radius 2 is 2.11 bits per heavy atom. The zero-order valence-corrected chi connectivity index (χ0v) is 15.4. The molecule has 2 aliphatic heterocycles. The van der Waals surface area contributed by atoms with Crippen molar-refractivity contribution in [1.29, 1.82) is 0 Å². The van der Waals surface area contributed by atoms with E-state index < -0.39 is 0 Å². The molecule has 6 nitrogen and oxygen atoms in total. The van der Waals surface area contributed by atoms with Crippen molar-refractivity contribution in [3.05, 3.63) is 48.0 Å². The van der Waals surface area contributed by atoms with Gasteiger partial charge in [0.15, 0.2) is 11.5 Å². The van der Waals surface area contributed by atoms with E-state index in [2.05, 4.69) is 17.6 Å². The second-order valence-electron chi connectivity index (χ2n) is 7.07. The monoisotopic (exact) mass is 368 g/mol. The second-order valence-corrected chi connectivity index (χ2v) is 7.07. The van der Waals surface area contributed by atoms with Crippen LogP contribution in [0.4, 0.5) is 5.69 Å². The summed E-state index contributed by atoms with van der Waals surface area (Å²) in [6.07, 6.45) is 1.75. The molecule has 0 aromatic heterocycles. The average molecular weight is 368 g/mol. The number of piperidine rings is 1. The second kappa shape index (κ2) is 7.88. The van der Waals surface area contributed by atoms with E-state index in [1.54, 1.807) is 0 Å². The minimum absolute atomic E-state index is 0.0646. The molecule has 0 spiro atoms. The molecule has 2 atom stereocenters. The fourth-order valence-corrected chi connectivity index (χ4v) is 3.49. The van der Waals surface area contributed by atoms with Crippen molar-refractivity contribution < 1.29 is 19.0 Å². The quantitative estimate of drug-likeness (QED) is 0.847. The van der Waals surface area contributed by atoms with Crippen molar-refractivity contribution in [2.75, 3.05) is 18.7 Å². The summed E-state index contributed by atoms with van der Waals surface area (Å²) >= 11 is 0. The molecule has 142 valence electrons. The van der Waals surface area contributed by atoms with Crippen LogP contribution >= 0.6 is 0 Å². The molecule has 1 saturated heterocycles. The number of benzene rings is 2. The minimum Gasteiger partial charge on any atom is -0.489 e. The fourth-order valence-electron chi connectivity index (χ4n) is 3.49. The zero-order valence-electron chi connectivity index (χ0n) is 15.4. The maximum Gasteiger partial charge on any atom is 0.231 e. The van der Waals surface area contributed by atoms with Gasteiger partial charge in [-0.1, -0.05) is 12.1 Å². The number of carbonyl (C=O) groups excluding carboxylic acids is 1. The molecule has 6 heteroatoms. The number of hydrogen-bond acceptors (Lipinski definition) is 5. The van der Waals surface area contributed by atoms with Gasteiger partial charge in [0.05, 0.1) is 0 Å². The third-order valence-corrected chi connectivity index (χ3v) is 4.94. The van der Waals surface area contributed by atoms with Gasteiger partial charge in [-0.25, -0.2) is 0 Å². The predicted molar refractivity (Wildman–Crippen MR) is 102 cm³/mol. The Hall–Kier alpha value is -2.73. The highest BCUT2D eigenvalue weighted by molar-refractivity contribution is 5.92. The highest BCUT2D eigenvalue weighted by Gasteiger charge is 2.24. The minimum atomic E-state index is 0.0646. The molecule has 1 amide bonds. The molecular weight excluding hydrogens is 344 g/mol. The summed E-state index contributed by atoms with van der Waals surface area (Å²) in [6.45, 7) is 3.67. The predicted octanol–water partition coefficient (Wildman–Crippen LogP) is 3.32. The summed E-state index contributed by atoms with van der Waals surface area (Å²) in [7, 11) is 0. The Morgan fingerprint density at radius 1 is 1.22 bits per heavy atom. The first-order valence-corrected chi connectivity index (χ1v) is 9.33. The van der Waals surface area contributed by atoms with Crippen LogP contribution in [0.2, 0.25) is 0 Å². The maximum absolute atomic E-state index is 12.5. The number of rotatable bonds is 5. The largest absolute Gasteiger partial charge is 0.489 e. The van der Waals surface area contributed by atoms with E-state index in [4.69, 9.17) is 14.2 Å². The van der Waals surface area contributed by atoms with Gasteiger partial charge in [0.2, 0.25) is 12.7 Å². The molecule has 2 aromatic rings. The third-order valence-electron chi connectivity index (χ3n) is 4.94. The maximum atomic E-state index is 12.5. The van der Waals surface area contributed by atoms with E-state index in [1.165, 1.54) is 0 Å². The third kappa shape index (κ3) is 4.34. The van der Waals surface area contributed by atoms with Crippen molar-refractivity contribution in [2.24, 2.45) is 5.92 Å². The molecule has 27 heavy (non-hydrogen) atoms. The number of anilines is 1. The van der Waals surface area contributed by atoms with E-state index in [-0.39, 0.29) is 18.6 Å². The standard InChI is InChI=1S/C21H24N2O4/c1-14-9-16(7-8-22-14)21(24)23-17-4-2-3-15(10-17)12-25-18-5-6-19-20(11-18)27-13-26-19/h2-6,10-11,14,16,22H,7-9,12-13H2,1H3,(H,23,24)/t14-,16-/m0/s1. The first-order valence-electron chi connectivity index (χ1n) is 9.33. The summed E-state index contributed by atoms with van der Waals surface area (Å²) in [5.41, 5.74) is 1.79. The van der Waals surface area contributed by atoms with Crippen molar-refractivity contribution >= 4 is 11.6 Å². The van der Waals surface area contributed by atoms with Gasteiger partial charge in [0.25, 0.3) is 0 Å². The topological polar surface area (TPSA) is 68.8 Å². The summed E-state index contributed by atoms with van der Waals surface area (Å²) < 4.78 is 16.5. The molecule has 0 saturated carbocycles. The van der Waals surface area contributed by atoms with Crippen LogP contribution in [0.1, 0.15) is 25.3 Å². The molecule has 1 fully saturated rings. The van der Waals surface area contributed by atoms with Crippen LogP contribution in [0.5, 0.6) is 17.2 Å². The van der Waals surface area contributed by atoms with Gasteiger partial charge >= 0.3 is 0 Å². The van der Waals surface area contributed by atoms with Crippen LogP contribution < -0.4 is 24.8 Å². The number of nitrogens with one attached hydrogen (secondary N) is 2. The average Bonchev–Trinajstić information content (AvgIpc) is 3.14. The van der Waals surface area contributed by atoms with Crippen molar-refractivity contribution in [3.63, 3.8) is 0 Å². The van der Waals surface area contributed by atoms with Crippen LogP contribution in [0.25, 0.3) is 0 Å². The summed E-state index contributed by atoms with van der Waals surface area (Å²) in [4.78, 5) is 12.5. The van der Waals surface area contributed by atoms with E-state index >= 15 is 0 Å². The SMILES string of the molecule is C[C@H]1C[C@@H](C(=O)Nc2cccc(COc3ccc4c(c3)OCO4)c2)CCN1. The van der Waals surface area contributed by atoms with Crippen LogP contribution in [0, 0.1) is 5.92 Å². The highest BCUT2D eigenvalue weighted by Crippen LogP contribution is 2.35. The molecule has 2 N–H and O–H groups in total. The number of fused-ring (bicyclic) bond motifs is 1. The molecule has 2 aliphatic rings. The van der Waals surface area contributed by atoms with Gasteiger partial charge in [-0.2, -0.15) is 0 Å². The Balaban J connectivity index is 1.35. The first-order chi connectivity index (χ1) is 13.2. The zero-order chi connectivity index (χ0) is 18.6. The Kier molecular flexibility index (Phi) is 5.16. The van der Waals surface area contributed by atoms with Crippen molar-refractivity contribution in [3.8, 4) is 17.2 Å². The smallest absolute Gasteiger partial charge is 0.231 e. The van der Waals surface area contributed by atoms with Crippen molar-refractivity contribution in [2.45, 2.75) is 32.4 Å². The Bertz CT molecular complexity index is 824. The first kappa shape index (κ1) is 17.7. The lowest BCUT2D eigenvalue weighted by Gasteiger charge is -2.27. The van der Waals surface area contributed by atoms with E-state index in [0.717, 1.165) is 42.1 Å². The number of ether oxygens (including phenoxy) is 3.